The van der Waals surface area contributed by atoms with Crippen LogP contribution in [0.2, 0.25) is 0 Å². The van der Waals surface area contributed by atoms with Crippen LogP contribution < -0.4 is 4.90 Å². The number of benzene rings is 3. The lowest BCUT2D eigenvalue weighted by Gasteiger charge is -2.21. The van der Waals surface area contributed by atoms with Crippen molar-refractivity contribution in [2.75, 3.05) is 4.90 Å². The summed E-state index contributed by atoms with van der Waals surface area (Å²) in [4.78, 5) is 25.5. The lowest BCUT2D eigenvalue weighted by atomic mass is 10.1. The lowest BCUT2D eigenvalue weighted by molar-refractivity contribution is -0.384. The van der Waals surface area contributed by atoms with Crippen LogP contribution in [0.4, 0.5) is 11.4 Å². The zero-order valence-corrected chi connectivity index (χ0v) is 16.5. The molecule has 5 nitrogen and oxygen atoms in total. The summed E-state index contributed by atoms with van der Waals surface area (Å²) in [5.74, 6) is -0.128. The topological polar surface area (TPSA) is 63.5 Å². The van der Waals surface area contributed by atoms with Gasteiger partial charge in [-0.25, -0.2) is 0 Å². The Bertz CT molecular complexity index is 1150. The minimum Gasteiger partial charge on any atom is -0.276 e. The molecule has 3 aromatic carbocycles. The Hall–Kier alpha value is -3.99. The first-order valence-electron chi connectivity index (χ1n) is 9.73. The highest BCUT2D eigenvalue weighted by molar-refractivity contribution is 6.23. The fraction of sp³-hybridized carbons (Fsp3) is 0.0800. The normalized spacial score (nSPS) is 14.8. The number of hydrogen-bond acceptors (Lipinski definition) is 3. The third-order valence-corrected chi connectivity index (χ3v) is 5.08. The van der Waals surface area contributed by atoms with Crippen molar-refractivity contribution in [2.45, 2.75) is 13.3 Å². The van der Waals surface area contributed by atoms with E-state index in [2.05, 4.69) is 6.92 Å². The molecular weight excluding hydrogens is 376 g/mol. The minimum atomic E-state index is -0.438. The van der Waals surface area contributed by atoms with Gasteiger partial charge >= 0.3 is 0 Å². The Morgan fingerprint density at radius 2 is 1.60 bits per heavy atom. The van der Waals surface area contributed by atoms with E-state index in [1.165, 1.54) is 17.7 Å². The zero-order chi connectivity index (χ0) is 21.1. The Morgan fingerprint density at radius 3 is 2.20 bits per heavy atom. The molecule has 0 spiro atoms. The van der Waals surface area contributed by atoms with Gasteiger partial charge in [0.25, 0.3) is 11.6 Å². The van der Waals surface area contributed by atoms with Gasteiger partial charge in [-0.2, -0.15) is 0 Å². The molecule has 1 aliphatic rings. The van der Waals surface area contributed by atoms with Gasteiger partial charge in [0.15, 0.2) is 0 Å². The Balaban J connectivity index is 1.76. The number of non-ortho nitro benzene ring substituents is 1. The number of nitro benzene ring substituents is 1. The van der Waals surface area contributed by atoms with Crippen LogP contribution in [-0.4, -0.2) is 10.8 Å². The summed E-state index contributed by atoms with van der Waals surface area (Å²) in [6.45, 7) is 2.09. The monoisotopic (exact) mass is 396 g/mol. The van der Waals surface area contributed by atoms with E-state index in [1.807, 2.05) is 60.7 Å². The van der Waals surface area contributed by atoms with Crippen molar-refractivity contribution in [3.05, 3.63) is 117 Å². The number of carbonyl (C=O) groups is 1. The van der Waals surface area contributed by atoms with E-state index in [1.54, 1.807) is 23.1 Å². The molecule has 0 saturated heterocycles. The molecule has 30 heavy (non-hydrogen) atoms. The average molecular weight is 396 g/mol. The maximum absolute atomic E-state index is 13.3. The molecule has 0 radical (unpaired) electrons. The van der Waals surface area contributed by atoms with Crippen LogP contribution in [0.3, 0.4) is 0 Å². The highest BCUT2D eigenvalue weighted by Gasteiger charge is 2.30. The van der Waals surface area contributed by atoms with Gasteiger partial charge < -0.3 is 0 Å². The third-order valence-electron chi connectivity index (χ3n) is 5.08. The Morgan fingerprint density at radius 1 is 0.933 bits per heavy atom. The number of nitro groups is 1. The Kier molecular flexibility index (Phi) is 5.26. The first kappa shape index (κ1) is 19.3. The van der Waals surface area contributed by atoms with Crippen LogP contribution in [0.15, 0.2) is 90.5 Å². The fourth-order valence-electron chi connectivity index (χ4n) is 3.45. The van der Waals surface area contributed by atoms with E-state index in [4.69, 9.17) is 0 Å². The van der Waals surface area contributed by atoms with Crippen LogP contribution in [0.25, 0.3) is 11.8 Å². The van der Waals surface area contributed by atoms with Crippen molar-refractivity contribution in [1.82, 2.24) is 0 Å². The van der Waals surface area contributed by atoms with Gasteiger partial charge in [0, 0.05) is 23.4 Å². The zero-order valence-electron chi connectivity index (χ0n) is 16.5. The van der Waals surface area contributed by atoms with Crippen molar-refractivity contribution >= 4 is 29.1 Å². The van der Waals surface area contributed by atoms with Crippen molar-refractivity contribution in [3.63, 3.8) is 0 Å². The molecule has 0 atom stereocenters. The fourth-order valence-corrected chi connectivity index (χ4v) is 3.45. The molecule has 0 N–H and O–H groups in total. The molecule has 4 rings (SSSR count). The summed E-state index contributed by atoms with van der Waals surface area (Å²) in [6.07, 6.45) is 4.56. The second kappa shape index (κ2) is 8.17. The molecule has 0 fully saturated rings. The molecule has 5 heteroatoms. The number of anilines is 1. The van der Waals surface area contributed by atoms with E-state index in [-0.39, 0.29) is 11.6 Å². The SMILES string of the molecule is CCc1ccc(N2C(=O)/C(=C/c3ccc([N+](=O)[O-])cc3)C=C2c2ccccc2)cc1. The summed E-state index contributed by atoms with van der Waals surface area (Å²) in [5, 5.41) is 10.9. The van der Waals surface area contributed by atoms with Crippen LogP contribution in [0, 0.1) is 10.1 Å². The largest absolute Gasteiger partial charge is 0.276 e. The number of amides is 1. The van der Waals surface area contributed by atoms with Crippen molar-refractivity contribution < 1.29 is 9.72 Å². The van der Waals surface area contributed by atoms with E-state index in [0.29, 0.717) is 5.57 Å². The summed E-state index contributed by atoms with van der Waals surface area (Å²) in [6, 6.07) is 23.9. The van der Waals surface area contributed by atoms with Crippen molar-refractivity contribution in [1.29, 1.82) is 0 Å². The summed E-state index contributed by atoms with van der Waals surface area (Å²) >= 11 is 0. The van der Waals surface area contributed by atoms with E-state index in [0.717, 1.165) is 28.9 Å². The van der Waals surface area contributed by atoms with Crippen LogP contribution in [0.1, 0.15) is 23.6 Å². The molecule has 1 amide bonds. The molecule has 1 heterocycles. The van der Waals surface area contributed by atoms with Gasteiger partial charge in [-0.1, -0.05) is 49.4 Å². The number of hydrogen-bond donors (Lipinski definition) is 0. The standard InChI is InChI=1S/C25H20N2O3/c1-2-18-8-12-22(13-9-18)26-24(20-6-4-3-5-7-20)17-21(25(26)28)16-19-10-14-23(15-11-19)27(29)30/h3-17H,2H2,1H3/b21-16+. The average Bonchev–Trinajstić information content (AvgIpc) is 3.10. The number of carbonyl (C=O) groups excluding carboxylic acids is 1. The Labute approximate surface area is 174 Å². The van der Waals surface area contributed by atoms with Gasteiger partial charge in [-0.15, -0.1) is 0 Å². The molecule has 0 unspecified atom stereocenters. The van der Waals surface area contributed by atoms with Crippen LogP contribution in [0.5, 0.6) is 0 Å². The predicted octanol–water partition coefficient (Wildman–Crippen LogP) is 5.63. The molecule has 0 saturated carbocycles. The highest BCUT2D eigenvalue weighted by atomic mass is 16.6. The molecule has 0 aromatic heterocycles. The van der Waals surface area contributed by atoms with E-state index < -0.39 is 4.92 Å². The van der Waals surface area contributed by atoms with E-state index >= 15 is 0 Å². The number of aryl methyl sites for hydroxylation is 1. The first-order chi connectivity index (χ1) is 14.6. The molecular formula is C25H20N2O3. The summed E-state index contributed by atoms with van der Waals surface area (Å²) < 4.78 is 0. The second-order valence-electron chi connectivity index (χ2n) is 7.00. The van der Waals surface area contributed by atoms with Crippen molar-refractivity contribution in [2.24, 2.45) is 0 Å². The van der Waals surface area contributed by atoms with Crippen LogP contribution in [-0.2, 0) is 11.2 Å². The van der Waals surface area contributed by atoms with Gasteiger partial charge in [-0.3, -0.25) is 19.8 Å². The van der Waals surface area contributed by atoms with Gasteiger partial charge in [0.2, 0.25) is 0 Å². The molecule has 1 aliphatic heterocycles. The van der Waals surface area contributed by atoms with Gasteiger partial charge in [0.05, 0.1) is 10.6 Å². The maximum atomic E-state index is 13.3. The van der Waals surface area contributed by atoms with Crippen molar-refractivity contribution in [3.8, 4) is 0 Å². The molecule has 0 aliphatic carbocycles. The summed E-state index contributed by atoms with van der Waals surface area (Å²) in [5.41, 5.74) is 5.04. The third kappa shape index (κ3) is 3.78. The molecule has 0 bridgehead atoms. The predicted molar refractivity (Wildman–Crippen MR) is 119 cm³/mol. The first-order valence-corrected chi connectivity index (χ1v) is 9.73. The van der Waals surface area contributed by atoms with Crippen LogP contribution >= 0.6 is 0 Å². The summed E-state index contributed by atoms with van der Waals surface area (Å²) in [7, 11) is 0. The van der Waals surface area contributed by atoms with E-state index in [9.17, 15) is 14.9 Å². The smallest absolute Gasteiger partial charge is 0.269 e. The molecule has 148 valence electrons. The lowest BCUT2D eigenvalue weighted by Crippen LogP contribution is -2.24. The molecule has 3 aromatic rings. The highest BCUT2D eigenvalue weighted by Crippen LogP contribution is 2.35. The number of nitrogens with zero attached hydrogens (tertiary/aromatic N) is 2. The van der Waals surface area contributed by atoms with Gasteiger partial charge in [0.1, 0.15) is 0 Å². The second-order valence-corrected chi connectivity index (χ2v) is 7.00. The minimum absolute atomic E-state index is 0.0213. The van der Waals surface area contributed by atoms with Gasteiger partial charge in [-0.05, 0) is 59.5 Å². The maximum Gasteiger partial charge on any atom is 0.269 e. The number of rotatable bonds is 5. The quantitative estimate of drug-likeness (QED) is 0.319.